The molecule has 14 heteroatoms. The van der Waals surface area contributed by atoms with Crippen LogP contribution in [-0.2, 0) is 4.79 Å². The molecule has 2 aromatic heterocycles. The van der Waals surface area contributed by atoms with Crippen LogP contribution in [0.1, 0.15) is 12.8 Å². The highest BCUT2D eigenvalue weighted by atomic mass is 35.5. The molecule has 0 saturated carbocycles. The Morgan fingerprint density at radius 1 is 1.20 bits per heavy atom. The maximum atomic E-state index is 16.6. The van der Waals surface area contributed by atoms with Crippen LogP contribution in [0.3, 0.4) is 0 Å². The van der Waals surface area contributed by atoms with E-state index in [0.29, 0.717) is 18.4 Å². The molecule has 2 aromatic carbocycles. The van der Waals surface area contributed by atoms with Gasteiger partial charge in [-0.2, -0.15) is 15.2 Å². The zero-order chi connectivity index (χ0) is 32.7. The lowest BCUT2D eigenvalue weighted by Crippen LogP contribution is -2.55. The number of nitrogens with zero attached hydrogens (tertiary/aromatic N) is 7. The minimum Gasteiger partial charge on any atom is -0.462 e. The molecule has 3 atom stereocenters. The molecule has 2 aliphatic rings. The summed E-state index contributed by atoms with van der Waals surface area (Å²) in [4.78, 5) is 30.5. The van der Waals surface area contributed by atoms with Gasteiger partial charge in [-0.15, -0.1) is 0 Å². The summed E-state index contributed by atoms with van der Waals surface area (Å²) in [6.45, 7) is 3.76. The van der Waals surface area contributed by atoms with Crippen molar-refractivity contribution in [2.24, 2.45) is 0 Å². The van der Waals surface area contributed by atoms with Gasteiger partial charge in [0.2, 0.25) is 0 Å². The lowest BCUT2D eigenvalue weighted by Gasteiger charge is -2.41. The van der Waals surface area contributed by atoms with Crippen LogP contribution in [0, 0.1) is 23.0 Å². The number of hydrogen-bond donors (Lipinski definition) is 0. The van der Waals surface area contributed by atoms with Gasteiger partial charge in [0, 0.05) is 43.3 Å². The molecule has 1 amide bonds. The fourth-order valence-electron chi connectivity index (χ4n) is 6.13. The van der Waals surface area contributed by atoms with Crippen LogP contribution in [0.2, 0.25) is 5.02 Å². The maximum absolute atomic E-state index is 16.6. The Balaban J connectivity index is 1.47. The van der Waals surface area contributed by atoms with Gasteiger partial charge < -0.3 is 14.5 Å². The Hall–Kier alpha value is -4.54. The van der Waals surface area contributed by atoms with Crippen molar-refractivity contribution in [2.45, 2.75) is 31.1 Å². The average Bonchev–Trinajstić information content (AvgIpc) is 3.37. The third kappa shape index (κ3) is 5.67. The van der Waals surface area contributed by atoms with Gasteiger partial charge in [0.1, 0.15) is 35.6 Å². The first-order valence-corrected chi connectivity index (χ1v) is 14.9. The Morgan fingerprint density at radius 2 is 2.00 bits per heavy atom. The van der Waals surface area contributed by atoms with Crippen molar-refractivity contribution in [3.63, 3.8) is 0 Å². The SMILES string of the molecule is C=C(F)C(=O)N1CCN(c2nc(OC[C@H]3[C@@H](F)CCN3C)nc3c(F)c(-c4cccc5ccc(F)c(Cl)c45)ncc23)C[C@@H]1CC#N. The number of piperazine rings is 1. The van der Waals surface area contributed by atoms with Gasteiger partial charge in [-0.1, -0.05) is 42.4 Å². The number of aromatic nitrogens is 3. The normalized spacial score (nSPS) is 20.3. The summed E-state index contributed by atoms with van der Waals surface area (Å²) < 4.78 is 65.3. The third-order valence-corrected chi connectivity index (χ3v) is 8.93. The summed E-state index contributed by atoms with van der Waals surface area (Å²) >= 11 is 6.33. The molecule has 0 bridgehead atoms. The lowest BCUT2D eigenvalue weighted by molar-refractivity contribution is -0.131. The number of halogens is 5. The van der Waals surface area contributed by atoms with Crippen LogP contribution >= 0.6 is 11.6 Å². The van der Waals surface area contributed by atoms with Gasteiger partial charge in [0.15, 0.2) is 11.6 Å². The van der Waals surface area contributed by atoms with Crippen LogP contribution < -0.4 is 9.64 Å². The molecule has 9 nitrogen and oxygen atoms in total. The van der Waals surface area contributed by atoms with Gasteiger partial charge in [-0.25, -0.2) is 17.6 Å². The molecule has 0 aliphatic carbocycles. The van der Waals surface area contributed by atoms with Crippen molar-refractivity contribution in [2.75, 3.05) is 44.7 Å². The van der Waals surface area contributed by atoms with Gasteiger partial charge >= 0.3 is 6.01 Å². The number of fused-ring (bicyclic) bond motifs is 2. The fraction of sp³-hybridized carbons (Fsp3) is 0.344. The smallest absolute Gasteiger partial charge is 0.319 e. The van der Waals surface area contributed by atoms with Crippen molar-refractivity contribution in [3.05, 3.63) is 65.6 Å². The largest absolute Gasteiger partial charge is 0.462 e. The van der Waals surface area contributed by atoms with Crippen LogP contribution in [0.25, 0.3) is 32.9 Å². The molecule has 6 rings (SSSR count). The van der Waals surface area contributed by atoms with Gasteiger partial charge in [0.05, 0.1) is 35.0 Å². The minimum absolute atomic E-state index is 0.0280. The number of carbonyl (C=O) groups excluding carboxylic acids is 1. The van der Waals surface area contributed by atoms with Gasteiger partial charge in [0.25, 0.3) is 5.91 Å². The molecule has 4 heterocycles. The number of amides is 1. The predicted molar refractivity (Wildman–Crippen MR) is 165 cm³/mol. The van der Waals surface area contributed by atoms with E-state index < -0.39 is 41.6 Å². The Labute approximate surface area is 266 Å². The third-order valence-electron chi connectivity index (χ3n) is 8.56. The summed E-state index contributed by atoms with van der Waals surface area (Å²) in [7, 11) is 1.78. The first-order chi connectivity index (χ1) is 22.1. The zero-order valence-electron chi connectivity index (χ0n) is 24.7. The number of hydrogen-bond acceptors (Lipinski definition) is 8. The summed E-state index contributed by atoms with van der Waals surface area (Å²) in [6, 6.07) is 8.23. The standard InChI is InChI=1S/C32H28ClF4N7O2/c1-17(34)31(45)44-13-12-43(15-19(44)8-10-38)30-21-14-39-28(20-5-3-4-18-6-7-23(36)26(33)25(18)20)27(37)29(21)40-32(41-30)46-16-24-22(35)9-11-42(24)2/h3-7,14,19,22,24H,1,8-9,11-13,15-16H2,2H3/t19-,22-,24-/m0/s1. The molecule has 2 fully saturated rings. The van der Waals surface area contributed by atoms with Crippen molar-refractivity contribution < 1.29 is 27.1 Å². The number of likely N-dealkylation sites (tertiary alicyclic amines) is 1. The number of benzene rings is 2. The molecule has 46 heavy (non-hydrogen) atoms. The second kappa shape index (κ2) is 12.7. The number of ether oxygens (including phenoxy) is 1. The monoisotopic (exact) mass is 653 g/mol. The Morgan fingerprint density at radius 3 is 2.72 bits per heavy atom. The number of nitriles is 1. The van der Waals surface area contributed by atoms with Crippen LogP contribution in [0.15, 0.2) is 48.9 Å². The Kier molecular flexibility index (Phi) is 8.67. The molecule has 0 spiro atoms. The molecule has 2 saturated heterocycles. The summed E-state index contributed by atoms with van der Waals surface area (Å²) in [6.07, 6.45) is 0.488. The van der Waals surface area contributed by atoms with E-state index in [-0.39, 0.29) is 77.1 Å². The second-order valence-corrected chi connectivity index (χ2v) is 11.7. The lowest BCUT2D eigenvalue weighted by atomic mass is 10.0. The molecule has 0 radical (unpaired) electrons. The number of likely N-dealkylation sites (N-methyl/N-ethyl adjacent to an activating group) is 1. The molecule has 0 N–H and O–H groups in total. The number of pyridine rings is 1. The highest BCUT2D eigenvalue weighted by molar-refractivity contribution is 6.36. The zero-order valence-corrected chi connectivity index (χ0v) is 25.4. The first-order valence-electron chi connectivity index (χ1n) is 14.6. The first kappa shape index (κ1) is 31.4. The van der Waals surface area contributed by atoms with E-state index in [9.17, 15) is 23.2 Å². The molecule has 2 aliphatic heterocycles. The second-order valence-electron chi connectivity index (χ2n) is 11.3. The van der Waals surface area contributed by atoms with E-state index in [1.54, 1.807) is 30.1 Å². The van der Waals surface area contributed by atoms with Crippen LogP contribution in [-0.4, -0.2) is 88.7 Å². The molecular weight excluding hydrogens is 626 g/mol. The topological polar surface area (TPSA) is 98.5 Å². The van der Waals surface area contributed by atoms with Crippen molar-refractivity contribution >= 4 is 45.0 Å². The molecule has 0 unspecified atom stereocenters. The number of alkyl halides is 1. The summed E-state index contributed by atoms with van der Waals surface area (Å²) in [5.74, 6) is -3.38. The van der Waals surface area contributed by atoms with Crippen molar-refractivity contribution in [1.82, 2.24) is 24.8 Å². The van der Waals surface area contributed by atoms with Gasteiger partial charge in [-0.05, 0) is 24.9 Å². The van der Waals surface area contributed by atoms with E-state index in [0.717, 1.165) is 0 Å². The molecular formula is C32H28ClF4N7O2. The predicted octanol–water partition coefficient (Wildman–Crippen LogP) is 5.61. The fourth-order valence-corrected chi connectivity index (χ4v) is 6.40. The van der Waals surface area contributed by atoms with Crippen molar-refractivity contribution in [3.8, 4) is 23.3 Å². The van der Waals surface area contributed by atoms with Crippen molar-refractivity contribution in [1.29, 1.82) is 5.26 Å². The number of carbonyl (C=O) groups is 1. The van der Waals surface area contributed by atoms with E-state index in [1.165, 1.54) is 23.2 Å². The van der Waals surface area contributed by atoms with Crippen LogP contribution in [0.4, 0.5) is 23.4 Å². The van der Waals surface area contributed by atoms with E-state index >= 15 is 4.39 Å². The van der Waals surface area contributed by atoms with E-state index in [4.69, 9.17) is 16.3 Å². The number of anilines is 1. The van der Waals surface area contributed by atoms with Crippen LogP contribution in [0.5, 0.6) is 6.01 Å². The highest BCUT2D eigenvalue weighted by Gasteiger charge is 2.35. The van der Waals surface area contributed by atoms with E-state index in [2.05, 4.69) is 21.5 Å². The molecule has 238 valence electrons. The highest BCUT2D eigenvalue weighted by Crippen LogP contribution is 2.38. The maximum Gasteiger partial charge on any atom is 0.319 e. The average molecular weight is 654 g/mol. The quantitative estimate of drug-likeness (QED) is 0.188. The molecule has 4 aromatic rings. The number of rotatable bonds is 7. The Bertz CT molecular complexity index is 1890. The summed E-state index contributed by atoms with van der Waals surface area (Å²) in [5, 5.41) is 10.3. The van der Waals surface area contributed by atoms with E-state index in [1.807, 2.05) is 11.0 Å². The minimum atomic E-state index is -1.14. The van der Waals surface area contributed by atoms with Gasteiger partial charge in [-0.3, -0.25) is 14.7 Å². The summed E-state index contributed by atoms with van der Waals surface area (Å²) in [5.41, 5.74) is -0.0668.